The van der Waals surface area contributed by atoms with Gasteiger partial charge in [0.2, 0.25) is 0 Å². The molecule has 1 atom stereocenters. The van der Waals surface area contributed by atoms with E-state index in [1.54, 1.807) is 11.8 Å². The van der Waals surface area contributed by atoms with Gasteiger partial charge in [0, 0.05) is 17.5 Å². The van der Waals surface area contributed by atoms with E-state index in [4.69, 9.17) is 4.52 Å². The van der Waals surface area contributed by atoms with E-state index < -0.39 is 0 Å². The van der Waals surface area contributed by atoms with Crippen molar-refractivity contribution in [3.63, 3.8) is 0 Å². The van der Waals surface area contributed by atoms with Gasteiger partial charge in [-0.05, 0) is 30.4 Å². The summed E-state index contributed by atoms with van der Waals surface area (Å²) < 4.78 is 5.32. The third-order valence-corrected chi connectivity index (χ3v) is 3.94. The van der Waals surface area contributed by atoms with Gasteiger partial charge in [-0.15, -0.1) is 0 Å². The molecule has 0 radical (unpaired) electrons. The maximum Gasteiger partial charge on any atom is 0.167 e. The molecule has 2 aliphatic carbocycles. The lowest BCUT2D eigenvalue weighted by molar-refractivity contribution is 0.432. The molecule has 0 N–H and O–H groups in total. The smallest absolute Gasteiger partial charge is 0.167 e. The molecule has 2 heteroatoms. The summed E-state index contributed by atoms with van der Waals surface area (Å²) in [6.07, 6.45) is 7.94. The van der Waals surface area contributed by atoms with Crippen molar-refractivity contribution in [3.8, 4) is 11.3 Å². The topological polar surface area (TPSA) is 26.0 Å². The molecule has 1 aromatic heterocycles. The molecule has 0 spiro atoms. The monoisotopic (exact) mass is 223 g/mol. The van der Waals surface area contributed by atoms with Gasteiger partial charge >= 0.3 is 0 Å². The highest BCUT2D eigenvalue weighted by atomic mass is 16.5. The summed E-state index contributed by atoms with van der Waals surface area (Å²) in [5.41, 5.74) is 5.65. The Labute approximate surface area is 99.9 Å². The molecule has 1 fully saturated rings. The van der Waals surface area contributed by atoms with Crippen LogP contribution < -0.4 is 0 Å². The van der Waals surface area contributed by atoms with E-state index in [9.17, 15) is 0 Å². The fourth-order valence-corrected chi connectivity index (χ4v) is 3.24. The third-order valence-electron chi connectivity index (χ3n) is 3.94. The maximum atomic E-state index is 5.32. The van der Waals surface area contributed by atoms with E-state index in [1.807, 2.05) is 6.07 Å². The SMILES string of the molecule is C1=C2CCCC2c2c1cccc2-c1ccno1. The van der Waals surface area contributed by atoms with Crippen LogP contribution in [0.3, 0.4) is 0 Å². The summed E-state index contributed by atoms with van der Waals surface area (Å²) in [6.45, 7) is 0. The summed E-state index contributed by atoms with van der Waals surface area (Å²) in [6, 6.07) is 8.41. The van der Waals surface area contributed by atoms with Crippen molar-refractivity contribution in [2.75, 3.05) is 0 Å². The molecule has 0 bridgehead atoms. The maximum absolute atomic E-state index is 5.32. The van der Waals surface area contributed by atoms with Crippen molar-refractivity contribution in [2.24, 2.45) is 0 Å². The summed E-state index contributed by atoms with van der Waals surface area (Å²) in [7, 11) is 0. The Morgan fingerprint density at radius 1 is 1.24 bits per heavy atom. The summed E-state index contributed by atoms with van der Waals surface area (Å²) in [5.74, 6) is 1.52. The third kappa shape index (κ3) is 1.24. The Kier molecular flexibility index (Phi) is 1.81. The Bertz CT molecular complexity index is 595. The fraction of sp³-hybridized carbons (Fsp3) is 0.267. The number of fused-ring (bicyclic) bond motifs is 3. The highest BCUT2D eigenvalue weighted by Gasteiger charge is 2.31. The molecular weight excluding hydrogens is 210 g/mol. The van der Waals surface area contributed by atoms with Gasteiger partial charge in [0.05, 0.1) is 6.20 Å². The van der Waals surface area contributed by atoms with Gasteiger partial charge in [-0.3, -0.25) is 0 Å². The Morgan fingerprint density at radius 2 is 2.24 bits per heavy atom. The molecular formula is C15H13NO. The number of aromatic nitrogens is 1. The van der Waals surface area contributed by atoms with E-state index in [-0.39, 0.29) is 0 Å². The van der Waals surface area contributed by atoms with Gasteiger partial charge in [-0.25, -0.2) is 0 Å². The van der Waals surface area contributed by atoms with E-state index >= 15 is 0 Å². The molecule has 0 aliphatic heterocycles. The van der Waals surface area contributed by atoms with Crippen molar-refractivity contribution in [3.05, 3.63) is 47.2 Å². The highest BCUT2D eigenvalue weighted by Crippen LogP contribution is 2.49. The van der Waals surface area contributed by atoms with Crippen LogP contribution in [0.2, 0.25) is 0 Å². The normalized spacial score (nSPS) is 21.2. The molecule has 2 aliphatic rings. The fourth-order valence-electron chi connectivity index (χ4n) is 3.24. The summed E-state index contributed by atoms with van der Waals surface area (Å²) in [4.78, 5) is 0. The van der Waals surface area contributed by atoms with Gasteiger partial charge in [-0.1, -0.05) is 35.0 Å². The second-order valence-corrected chi connectivity index (χ2v) is 4.85. The number of allylic oxidation sites excluding steroid dienone is 1. The Morgan fingerprint density at radius 3 is 3.12 bits per heavy atom. The van der Waals surface area contributed by atoms with Crippen molar-refractivity contribution >= 4 is 6.08 Å². The zero-order chi connectivity index (χ0) is 11.2. The largest absolute Gasteiger partial charge is 0.356 e. The van der Waals surface area contributed by atoms with Crippen molar-refractivity contribution in [1.29, 1.82) is 0 Å². The zero-order valence-electron chi connectivity index (χ0n) is 9.52. The van der Waals surface area contributed by atoms with Crippen LogP contribution in [0.5, 0.6) is 0 Å². The minimum Gasteiger partial charge on any atom is -0.356 e. The number of hydrogen-bond acceptors (Lipinski definition) is 2. The molecule has 2 nitrogen and oxygen atoms in total. The van der Waals surface area contributed by atoms with Crippen molar-refractivity contribution < 1.29 is 4.52 Å². The number of benzene rings is 1. The molecule has 0 amide bonds. The lowest BCUT2D eigenvalue weighted by Gasteiger charge is -2.12. The molecule has 1 heterocycles. The first-order valence-corrected chi connectivity index (χ1v) is 6.18. The van der Waals surface area contributed by atoms with Gasteiger partial charge in [0.1, 0.15) is 0 Å². The molecule has 84 valence electrons. The van der Waals surface area contributed by atoms with Crippen molar-refractivity contribution in [2.45, 2.75) is 25.2 Å². The van der Waals surface area contributed by atoms with Crippen LogP contribution in [0.25, 0.3) is 17.4 Å². The molecule has 2 aromatic rings. The average molecular weight is 223 g/mol. The Balaban J connectivity index is 1.94. The van der Waals surface area contributed by atoms with Crippen LogP contribution in [0, 0.1) is 0 Å². The second kappa shape index (κ2) is 3.33. The van der Waals surface area contributed by atoms with Crippen LogP contribution in [0.4, 0.5) is 0 Å². The molecule has 17 heavy (non-hydrogen) atoms. The van der Waals surface area contributed by atoms with Crippen LogP contribution in [-0.2, 0) is 0 Å². The molecule has 4 rings (SSSR count). The van der Waals surface area contributed by atoms with Crippen molar-refractivity contribution in [1.82, 2.24) is 5.16 Å². The molecule has 0 saturated heterocycles. The van der Waals surface area contributed by atoms with Crippen LogP contribution in [0.1, 0.15) is 36.3 Å². The summed E-state index contributed by atoms with van der Waals surface area (Å²) in [5, 5.41) is 3.82. The number of nitrogens with zero attached hydrogens (tertiary/aromatic N) is 1. The molecule has 1 aromatic carbocycles. The standard InChI is InChI=1S/C15H13NO/c1-3-10-9-11-4-2-6-13(14-7-8-16-17-14)15(11)12(10)5-1/h2,4,6-9,12H,1,3,5H2. The highest BCUT2D eigenvalue weighted by molar-refractivity contribution is 5.77. The van der Waals surface area contributed by atoms with E-state index in [1.165, 1.54) is 36.0 Å². The number of hydrogen-bond donors (Lipinski definition) is 0. The first-order chi connectivity index (χ1) is 8.43. The first-order valence-electron chi connectivity index (χ1n) is 6.18. The quantitative estimate of drug-likeness (QED) is 0.730. The van der Waals surface area contributed by atoms with Gasteiger partial charge < -0.3 is 4.52 Å². The lowest BCUT2D eigenvalue weighted by atomic mass is 9.92. The van der Waals surface area contributed by atoms with Crippen LogP contribution >= 0.6 is 0 Å². The van der Waals surface area contributed by atoms with Crippen LogP contribution in [0.15, 0.2) is 40.6 Å². The second-order valence-electron chi connectivity index (χ2n) is 4.85. The first kappa shape index (κ1) is 9.23. The molecule has 1 unspecified atom stereocenters. The summed E-state index contributed by atoms with van der Waals surface area (Å²) >= 11 is 0. The zero-order valence-corrected chi connectivity index (χ0v) is 9.52. The van der Waals surface area contributed by atoms with Crippen LogP contribution in [-0.4, -0.2) is 5.16 Å². The van der Waals surface area contributed by atoms with Gasteiger partial charge in [-0.2, -0.15) is 0 Å². The number of rotatable bonds is 1. The predicted molar refractivity (Wildman–Crippen MR) is 66.5 cm³/mol. The average Bonchev–Trinajstić information content (AvgIpc) is 3.04. The lowest BCUT2D eigenvalue weighted by Crippen LogP contribution is -1.95. The minimum atomic E-state index is 0.631. The predicted octanol–water partition coefficient (Wildman–Crippen LogP) is 4.01. The molecule has 1 saturated carbocycles. The Hall–Kier alpha value is -1.83. The van der Waals surface area contributed by atoms with E-state index in [2.05, 4.69) is 29.4 Å². The minimum absolute atomic E-state index is 0.631. The van der Waals surface area contributed by atoms with Gasteiger partial charge in [0.25, 0.3) is 0 Å². The van der Waals surface area contributed by atoms with E-state index in [0.717, 1.165) is 5.76 Å². The van der Waals surface area contributed by atoms with Gasteiger partial charge in [0.15, 0.2) is 5.76 Å². The van der Waals surface area contributed by atoms with E-state index in [0.29, 0.717) is 5.92 Å².